The van der Waals surface area contributed by atoms with Crippen molar-refractivity contribution in [2.45, 2.75) is 25.5 Å². The molecule has 3 atom stereocenters. The second kappa shape index (κ2) is 6.37. The molecule has 0 aromatic carbocycles. The third-order valence-electron chi connectivity index (χ3n) is 4.16. The van der Waals surface area contributed by atoms with Crippen molar-refractivity contribution in [3.8, 4) is 0 Å². The van der Waals surface area contributed by atoms with E-state index < -0.39 is 0 Å². The van der Waals surface area contributed by atoms with Crippen LogP contribution < -0.4 is 5.32 Å². The molecule has 21 heavy (non-hydrogen) atoms. The first-order valence-corrected chi connectivity index (χ1v) is 7.47. The number of hydrogen-bond donors (Lipinski definition) is 1. The molecule has 2 aromatic rings. The van der Waals surface area contributed by atoms with E-state index in [0.29, 0.717) is 12.0 Å². The van der Waals surface area contributed by atoms with Crippen LogP contribution in [0.25, 0.3) is 0 Å². The number of hydrogen-bond acceptors (Lipinski definition) is 4. The van der Waals surface area contributed by atoms with Gasteiger partial charge in [0.15, 0.2) is 0 Å². The lowest BCUT2D eigenvalue weighted by atomic mass is 9.96. The Morgan fingerprint density at radius 2 is 2.24 bits per heavy atom. The summed E-state index contributed by atoms with van der Waals surface area (Å²) in [6.45, 7) is 3.96. The molecule has 5 nitrogen and oxygen atoms in total. The highest BCUT2D eigenvalue weighted by atomic mass is 16.5. The van der Waals surface area contributed by atoms with E-state index in [1.54, 1.807) is 0 Å². The van der Waals surface area contributed by atoms with Gasteiger partial charge in [-0.25, -0.2) is 0 Å². The van der Waals surface area contributed by atoms with Gasteiger partial charge in [0.25, 0.3) is 0 Å². The van der Waals surface area contributed by atoms with Gasteiger partial charge in [-0.15, -0.1) is 0 Å². The number of pyridine rings is 1. The van der Waals surface area contributed by atoms with Crippen LogP contribution in [0.4, 0.5) is 0 Å². The lowest BCUT2D eigenvalue weighted by molar-refractivity contribution is 0.0899. The van der Waals surface area contributed by atoms with Crippen molar-refractivity contribution in [1.29, 1.82) is 0 Å². The van der Waals surface area contributed by atoms with Crippen LogP contribution in [0.15, 0.2) is 36.9 Å². The first-order valence-electron chi connectivity index (χ1n) is 7.47. The fraction of sp³-hybridized carbons (Fsp3) is 0.500. The highest BCUT2D eigenvalue weighted by Gasteiger charge is 2.30. The van der Waals surface area contributed by atoms with E-state index in [4.69, 9.17) is 4.74 Å². The van der Waals surface area contributed by atoms with E-state index >= 15 is 0 Å². The smallest absolute Gasteiger partial charge is 0.0896 e. The van der Waals surface area contributed by atoms with Crippen molar-refractivity contribution in [1.82, 2.24) is 20.1 Å². The summed E-state index contributed by atoms with van der Waals surface area (Å²) in [6, 6.07) is 4.44. The molecule has 1 fully saturated rings. The molecule has 1 saturated heterocycles. The van der Waals surface area contributed by atoms with Gasteiger partial charge in [-0.1, -0.05) is 0 Å². The molecule has 0 saturated carbocycles. The van der Waals surface area contributed by atoms with E-state index in [0.717, 1.165) is 19.6 Å². The van der Waals surface area contributed by atoms with Crippen LogP contribution in [-0.4, -0.2) is 27.9 Å². The largest absolute Gasteiger partial charge is 0.373 e. The van der Waals surface area contributed by atoms with Gasteiger partial charge in [0.05, 0.1) is 12.3 Å². The summed E-state index contributed by atoms with van der Waals surface area (Å²) in [7, 11) is 1.94. The zero-order chi connectivity index (χ0) is 14.7. The molecule has 3 rings (SSSR count). The number of rotatable bonds is 5. The Bertz CT molecular complexity index is 569. The van der Waals surface area contributed by atoms with Crippen LogP contribution in [0.2, 0.25) is 0 Å². The van der Waals surface area contributed by atoms with Gasteiger partial charge >= 0.3 is 0 Å². The Kier molecular flexibility index (Phi) is 4.31. The van der Waals surface area contributed by atoms with Crippen LogP contribution in [0.3, 0.4) is 0 Å². The van der Waals surface area contributed by atoms with Crippen molar-refractivity contribution in [2.75, 3.05) is 13.2 Å². The van der Waals surface area contributed by atoms with E-state index in [-0.39, 0.29) is 6.10 Å². The van der Waals surface area contributed by atoms with Crippen LogP contribution in [0, 0.1) is 5.92 Å². The molecule has 0 amide bonds. The van der Waals surface area contributed by atoms with Crippen LogP contribution in [-0.2, 0) is 11.8 Å². The van der Waals surface area contributed by atoms with Gasteiger partial charge < -0.3 is 10.1 Å². The Labute approximate surface area is 125 Å². The van der Waals surface area contributed by atoms with Crippen LogP contribution in [0.1, 0.15) is 36.6 Å². The Balaban J connectivity index is 1.59. The summed E-state index contributed by atoms with van der Waals surface area (Å²) >= 11 is 0. The second-order valence-corrected chi connectivity index (χ2v) is 5.70. The molecule has 2 aromatic heterocycles. The molecule has 112 valence electrons. The number of nitrogens with zero attached hydrogens (tertiary/aromatic N) is 3. The fourth-order valence-electron chi connectivity index (χ4n) is 2.90. The van der Waals surface area contributed by atoms with E-state index in [1.165, 1.54) is 11.1 Å². The zero-order valence-electron chi connectivity index (χ0n) is 12.6. The molecular weight excluding hydrogens is 264 g/mol. The average molecular weight is 286 g/mol. The minimum Gasteiger partial charge on any atom is -0.373 e. The maximum atomic E-state index is 5.90. The summed E-state index contributed by atoms with van der Waals surface area (Å²) in [5, 5.41) is 7.86. The summed E-state index contributed by atoms with van der Waals surface area (Å²) in [5.41, 5.74) is 2.44. The highest BCUT2D eigenvalue weighted by molar-refractivity contribution is 5.14. The topological polar surface area (TPSA) is 52.0 Å². The minimum atomic E-state index is 0.163. The first-order chi connectivity index (χ1) is 10.2. The number of aryl methyl sites for hydroxylation is 1. The average Bonchev–Trinajstić information content (AvgIpc) is 3.14. The molecule has 0 aliphatic carbocycles. The summed E-state index contributed by atoms with van der Waals surface area (Å²) < 4.78 is 7.73. The fourth-order valence-corrected chi connectivity index (χ4v) is 2.90. The van der Waals surface area contributed by atoms with Crippen molar-refractivity contribution in [3.63, 3.8) is 0 Å². The molecule has 0 unspecified atom stereocenters. The van der Waals surface area contributed by atoms with E-state index in [1.807, 2.05) is 30.3 Å². The predicted octanol–water partition coefficient (Wildman–Crippen LogP) is 2.24. The molecule has 0 radical (unpaired) electrons. The Morgan fingerprint density at radius 1 is 1.43 bits per heavy atom. The maximum absolute atomic E-state index is 5.90. The number of ether oxygens (including phenoxy) is 1. The second-order valence-electron chi connectivity index (χ2n) is 5.70. The molecule has 0 spiro atoms. The van der Waals surface area contributed by atoms with Gasteiger partial charge in [-0.2, -0.15) is 5.10 Å². The monoisotopic (exact) mass is 286 g/mol. The van der Waals surface area contributed by atoms with Gasteiger partial charge in [0.2, 0.25) is 0 Å². The molecular formula is C16H22N4O. The van der Waals surface area contributed by atoms with Crippen molar-refractivity contribution >= 4 is 0 Å². The molecule has 1 aliphatic rings. The SMILES string of the molecule is C[C@H](NC[C@@H]1CCO[C@@H]1c1cnn(C)c1)c1ccncc1. The van der Waals surface area contributed by atoms with Crippen LogP contribution >= 0.6 is 0 Å². The first kappa shape index (κ1) is 14.2. The van der Waals surface area contributed by atoms with Crippen molar-refractivity contribution < 1.29 is 4.74 Å². The predicted molar refractivity (Wildman–Crippen MR) is 80.7 cm³/mol. The van der Waals surface area contributed by atoms with Gasteiger partial charge in [-0.3, -0.25) is 9.67 Å². The molecule has 1 aliphatic heterocycles. The number of nitrogens with one attached hydrogen (secondary N) is 1. The zero-order valence-corrected chi connectivity index (χ0v) is 12.6. The number of aromatic nitrogens is 3. The molecule has 3 heterocycles. The van der Waals surface area contributed by atoms with Crippen LogP contribution in [0.5, 0.6) is 0 Å². The van der Waals surface area contributed by atoms with E-state index in [2.05, 4.69) is 40.7 Å². The van der Waals surface area contributed by atoms with Crippen molar-refractivity contribution in [2.24, 2.45) is 13.0 Å². The molecule has 5 heteroatoms. The summed E-state index contributed by atoms with van der Waals surface area (Å²) in [4.78, 5) is 4.06. The third-order valence-corrected chi connectivity index (χ3v) is 4.16. The van der Waals surface area contributed by atoms with Gasteiger partial charge in [0, 0.05) is 56.3 Å². The Morgan fingerprint density at radius 3 is 2.95 bits per heavy atom. The Hall–Kier alpha value is -1.72. The van der Waals surface area contributed by atoms with Crippen molar-refractivity contribution in [3.05, 3.63) is 48.0 Å². The standard InChI is InChI=1S/C16H22N4O/c1-12(13-3-6-17-7-4-13)18-9-14-5-8-21-16(14)15-10-19-20(2)11-15/h3-4,6-7,10-12,14,16,18H,5,8-9H2,1-2H3/t12-,14-,16-/m0/s1. The van der Waals surface area contributed by atoms with E-state index in [9.17, 15) is 0 Å². The lowest BCUT2D eigenvalue weighted by Gasteiger charge is -2.21. The highest BCUT2D eigenvalue weighted by Crippen LogP contribution is 2.34. The minimum absolute atomic E-state index is 0.163. The summed E-state index contributed by atoms with van der Waals surface area (Å²) in [6.07, 6.45) is 8.89. The molecule has 0 bridgehead atoms. The van der Waals surface area contributed by atoms with Gasteiger partial charge in [-0.05, 0) is 31.0 Å². The van der Waals surface area contributed by atoms with Gasteiger partial charge in [0.1, 0.15) is 0 Å². The maximum Gasteiger partial charge on any atom is 0.0896 e. The quantitative estimate of drug-likeness (QED) is 0.916. The normalized spacial score (nSPS) is 23.3. The lowest BCUT2D eigenvalue weighted by Crippen LogP contribution is -2.27. The molecule has 1 N–H and O–H groups in total. The third kappa shape index (κ3) is 3.31. The summed E-state index contributed by atoms with van der Waals surface area (Å²) in [5.74, 6) is 0.499.